The highest BCUT2D eigenvalue weighted by Crippen LogP contribution is 2.17. The van der Waals surface area contributed by atoms with E-state index in [4.69, 9.17) is 0 Å². The van der Waals surface area contributed by atoms with Crippen LogP contribution in [0.25, 0.3) is 0 Å². The Morgan fingerprint density at radius 2 is 2.00 bits per heavy atom. The molecule has 98 valence electrons. The zero-order chi connectivity index (χ0) is 13.2. The quantitative estimate of drug-likeness (QED) is 0.592. The van der Waals surface area contributed by atoms with Gasteiger partial charge in [-0.25, -0.2) is 8.42 Å². The van der Waals surface area contributed by atoms with Crippen LogP contribution in [0.3, 0.4) is 0 Å². The second kappa shape index (κ2) is 4.96. The molecule has 1 N–H and O–H groups in total. The smallest absolute Gasteiger partial charge is 0.358 e. The lowest BCUT2D eigenvalue weighted by Crippen LogP contribution is -2.46. The van der Waals surface area contributed by atoms with Crippen molar-refractivity contribution in [2.45, 2.75) is 4.90 Å². The third kappa shape index (κ3) is 2.47. The fourth-order valence-electron chi connectivity index (χ4n) is 1.67. The van der Waals surface area contributed by atoms with Gasteiger partial charge in [0.2, 0.25) is 10.0 Å². The number of hydrogen-bond acceptors (Lipinski definition) is 6. The summed E-state index contributed by atoms with van der Waals surface area (Å²) in [4.78, 5) is 13.3. The van der Waals surface area contributed by atoms with Gasteiger partial charge in [0.1, 0.15) is 4.90 Å². The van der Waals surface area contributed by atoms with E-state index in [1.54, 1.807) is 0 Å². The van der Waals surface area contributed by atoms with Crippen molar-refractivity contribution >= 4 is 15.8 Å². The summed E-state index contributed by atoms with van der Waals surface area (Å²) >= 11 is 0. The first-order valence-electron chi connectivity index (χ1n) is 5.33. The Bertz CT molecular complexity index is 536. The highest BCUT2D eigenvalue weighted by Gasteiger charge is 2.27. The first-order chi connectivity index (χ1) is 8.51. The standard InChI is InChI=1S/C9H12N4O4S/c14-13(15)9-2-1-8(7-11-9)18(16,17)12-5-3-10-4-6-12/h1-2,7,10H,3-6H2. The Hall–Kier alpha value is -1.58. The Morgan fingerprint density at radius 1 is 1.33 bits per heavy atom. The molecule has 0 aliphatic carbocycles. The number of aromatic nitrogens is 1. The molecule has 8 nitrogen and oxygen atoms in total. The minimum atomic E-state index is -3.60. The van der Waals surface area contributed by atoms with Gasteiger partial charge in [-0.1, -0.05) is 0 Å². The second-order valence-electron chi connectivity index (χ2n) is 3.76. The van der Waals surface area contributed by atoms with Gasteiger partial charge in [0.15, 0.2) is 6.20 Å². The van der Waals surface area contributed by atoms with Gasteiger partial charge in [0, 0.05) is 32.2 Å². The molecule has 9 heteroatoms. The van der Waals surface area contributed by atoms with Crippen LogP contribution in [0.15, 0.2) is 23.2 Å². The van der Waals surface area contributed by atoms with E-state index in [9.17, 15) is 18.5 Å². The summed E-state index contributed by atoms with van der Waals surface area (Å²) in [6.07, 6.45) is 1.02. The van der Waals surface area contributed by atoms with E-state index in [1.807, 2.05) is 0 Å². The summed E-state index contributed by atoms with van der Waals surface area (Å²) in [6.45, 7) is 1.97. The van der Waals surface area contributed by atoms with Crippen molar-refractivity contribution in [1.29, 1.82) is 0 Å². The molecule has 1 fully saturated rings. The third-order valence-electron chi connectivity index (χ3n) is 2.62. The molecule has 18 heavy (non-hydrogen) atoms. The predicted molar refractivity (Wildman–Crippen MR) is 62.5 cm³/mol. The lowest BCUT2D eigenvalue weighted by Gasteiger charge is -2.26. The number of sulfonamides is 1. The summed E-state index contributed by atoms with van der Waals surface area (Å²) in [7, 11) is -3.60. The Morgan fingerprint density at radius 3 is 2.50 bits per heavy atom. The lowest BCUT2D eigenvalue weighted by molar-refractivity contribution is -0.389. The van der Waals surface area contributed by atoms with Crippen molar-refractivity contribution in [1.82, 2.24) is 14.6 Å². The van der Waals surface area contributed by atoms with E-state index >= 15 is 0 Å². The molecule has 0 amide bonds. The molecule has 1 aromatic rings. The molecule has 0 saturated carbocycles. The number of rotatable bonds is 3. The van der Waals surface area contributed by atoms with Gasteiger partial charge in [-0.15, -0.1) is 0 Å². The van der Waals surface area contributed by atoms with Crippen LogP contribution in [-0.4, -0.2) is 48.8 Å². The third-order valence-corrected chi connectivity index (χ3v) is 4.50. The molecule has 0 spiro atoms. The maximum Gasteiger partial charge on any atom is 0.363 e. The zero-order valence-electron chi connectivity index (χ0n) is 9.44. The molecule has 2 rings (SSSR count). The van der Waals surface area contributed by atoms with Crippen LogP contribution in [0.1, 0.15) is 0 Å². The summed E-state index contributed by atoms with van der Waals surface area (Å²) in [5.41, 5.74) is 0. The average molecular weight is 272 g/mol. The second-order valence-corrected chi connectivity index (χ2v) is 5.70. The van der Waals surface area contributed by atoms with Gasteiger partial charge in [-0.05, 0) is 16.0 Å². The highest BCUT2D eigenvalue weighted by atomic mass is 32.2. The number of nitro groups is 1. The first-order valence-corrected chi connectivity index (χ1v) is 6.77. The number of hydrogen-bond donors (Lipinski definition) is 1. The van der Waals surface area contributed by atoms with Crippen LogP contribution in [0.5, 0.6) is 0 Å². The number of piperazine rings is 1. The normalized spacial score (nSPS) is 17.6. The molecule has 1 saturated heterocycles. The molecule has 0 radical (unpaired) electrons. The maximum atomic E-state index is 12.2. The van der Waals surface area contributed by atoms with Crippen molar-refractivity contribution in [3.8, 4) is 0 Å². The minimum Gasteiger partial charge on any atom is -0.358 e. The van der Waals surface area contributed by atoms with Crippen LogP contribution in [-0.2, 0) is 10.0 Å². The largest absolute Gasteiger partial charge is 0.363 e. The van der Waals surface area contributed by atoms with E-state index < -0.39 is 14.9 Å². The van der Waals surface area contributed by atoms with Crippen molar-refractivity contribution in [3.05, 3.63) is 28.4 Å². The van der Waals surface area contributed by atoms with E-state index in [2.05, 4.69) is 10.3 Å². The first kappa shape index (κ1) is 12.9. The van der Waals surface area contributed by atoms with Crippen molar-refractivity contribution in [3.63, 3.8) is 0 Å². The highest BCUT2D eigenvalue weighted by molar-refractivity contribution is 7.89. The van der Waals surface area contributed by atoms with E-state index in [-0.39, 0.29) is 10.7 Å². The van der Waals surface area contributed by atoms with Crippen molar-refractivity contribution in [2.24, 2.45) is 0 Å². The van der Waals surface area contributed by atoms with Gasteiger partial charge >= 0.3 is 5.82 Å². The minimum absolute atomic E-state index is 0.0185. The molecular weight excluding hydrogens is 260 g/mol. The van der Waals surface area contributed by atoms with Gasteiger partial charge in [0.25, 0.3) is 0 Å². The SMILES string of the molecule is O=[N+]([O-])c1ccc(S(=O)(=O)N2CCNCC2)cn1. The molecule has 1 aromatic heterocycles. The van der Waals surface area contributed by atoms with Crippen LogP contribution >= 0.6 is 0 Å². The molecule has 0 unspecified atom stereocenters. The lowest BCUT2D eigenvalue weighted by atomic mass is 10.4. The maximum absolute atomic E-state index is 12.2. The fraction of sp³-hybridized carbons (Fsp3) is 0.444. The summed E-state index contributed by atoms with van der Waals surface area (Å²) < 4.78 is 25.7. The van der Waals surface area contributed by atoms with E-state index in [0.29, 0.717) is 26.2 Å². The Balaban J connectivity index is 2.26. The number of nitrogens with one attached hydrogen (secondary N) is 1. The van der Waals surface area contributed by atoms with Crippen LogP contribution in [0.2, 0.25) is 0 Å². The van der Waals surface area contributed by atoms with Crippen LogP contribution < -0.4 is 5.32 Å². The van der Waals surface area contributed by atoms with Gasteiger partial charge in [0.05, 0.1) is 0 Å². The summed E-state index contributed by atoms with van der Waals surface area (Å²) in [5, 5.41) is 13.5. The van der Waals surface area contributed by atoms with Gasteiger partial charge in [-0.2, -0.15) is 4.31 Å². The molecule has 1 aliphatic rings. The van der Waals surface area contributed by atoms with Crippen LogP contribution in [0, 0.1) is 10.1 Å². The fourth-order valence-corrected chi connectivity index (χ4v) is 3.05. The van der Waals surface area contributed by atoms with E-state index in [0.717, 1.165) is 12.3 Å². The predicted octanol–water partition coefficient (Wildman–Crippen LogP) is -0.416. The molecule has 0 bridgehead atoms. The van der Waals surface area contributed by atoms with Crippen molar-refractivity contribution in [2.75, 3.05) is 26.2 Å². The molecular formula is C9H12N4O4S. The average Bonchev–Trinajstić information content (AvgIpc) is 2.40. The topological polar surface area (TPSA) is 105 Å². The van der Waals surface area contributed by atoms with Gasteiger partial charge < -0.3 is 15.4 Å². The zero-order valence-corrected chi connectivity index (χ0v) is 10.3. The Labute approximate surface area is 104 Å². The van der Waals surface area contributed by atoms with E-state index in [1.165, 1.54) is 10.4 Å². The number of nitrogens with zero attached hydrogens (tertiary/aromatic N) is 3. The number of pyridine rings is 1. The van der Waals surface area contributed by atoms with Gasteiger partial charge in [-0.3, -0.25) is 0 Å². The molecule has 2 heterocycles. The summed E-state index contributed by atoms with van der Waals surface area (Å²) in [5.74, 6) is -0.366. The summed E-state index contributed by atoms with van der Waals surface area (Å²) in [6, 6.07) is 2.30. The molecule has 1 aliphatic heterocycles. The monoisotopic (exact) mass is 272 g/mol. The Kier molecular flexibility index (Phi) is 3.55. The van der Waals surface area contributed by atoms with Crippen molar-refractivity contribution < 1.29 is 13.3 Å². The van der Waals surface area contributed by atoms with Crippen LogP contribution in [0.4, 0.5) is 5.82 Å². The molecule has 0 aromatic carbocycles. The molecule has 0 atom stereocenters.